The van der Waals surface area contributed by atoms with Crippen LogP contribution < -0.4 is 5.73 Å². The van der Waals surface area contributed by atoms with Crippen molar-refractivity contribution in [2.45, 2.75) is 32.9 Å². The predicted molar refractivity (Wildman–Crippen MR) is 80.3 cm³/mol. The van der Waals surface area contributed by atoms with Crippen LogP contribution in [-0.4, -0.2) is 9.78 Å². The minimum absolute atomic E-state index is 0.0415. The zero-order chi connectivity index (χ0) is 13.3. The Bertz CT molecular complexity index is 550. The molecule has 0 saturated heterocycles. The van der Waals surface area contributed by atoms with Gasteiger partial charge in [0, 0.05) is 23.9 Å². The van der Waals surface area contributed by atoms with E-state index < -0.39 is 0 Å². The normalized spacial score (nSPS) is 12.9. The number of aromatic nitrogens is 2. The number of hydrogen-bond acceptors (Lipinski definition) is 3. The second-order valence-electron chi connectivity index (χ2n) is 4.11. The van der Waals surface area contributed by atoms with E-state index in [-0.39, 0.29) is 6.04 Å². The van der Waals surface area contributed by atoms with Crippen LogP contribution in [0.15, 0.2) is 15.9 Å². The summed E-state index contributed by atoms with van der Waals surface area (Å²) in [6.07, 6.45) is 0.709. The van der Waals surface area contributed by atoms with Gasteiger partial charge in [-0.1, -0.05) is 11.6 Å². The first-order valence-electron chi connectivity index (χ1n) is 5.75. The van der Waals surface area contributed by atoms with Gasteiger partial charge in [-0.25, -0.2) is 0 Å². The lowest BCUT2D eigenvalue weighted by molar-refractivity contribution is 0.590. The van der Waals surface area contributed by atoms with E-state index in [2.05, 4.69) is 28.0 Å². The van der Waals surface area contributed by atoms with Crippen molar-refractivity contribution in [1.82, 2.24) is 9.78 Å². The monoisotopic (exact) mass is 347 g/mol. The number of nitrogens with two attached hydrogens (primary N) is 1. The van der Waals surface area contributed by atoms with E-state index in [9.17, 15) is 0 Å². The molecular formula is C12H15BrClN3S. The average Bonchev–Trinajstić information content (AvgIpc) is 2.88. The lowest BCUT2D eigenvalue weighted by Gasteiger charge is -2.11. The maximum absolute atomic E-state index is 6.28. The first-order valence-corrected chi connectivity index (χ1v) is 7.74. The van der Waals surface area contributed by atoms with E-state index in [1.165, 1.54) is 0 Å². The summed E-state index contributed by atoms with van der Waals surface area (Å²) in [6.45, 7) is 4.79. The van der Waals surface area contributed by atoms with Crippen molar-refractivity contribution in [2.24, 2.45) is 5.73 Å². The zero-order valence-corrected chi connectivity index (χ0v) is 13.4. The van der Waals surface area contributed by atoms with Crippen molar-refractivity contribution in [3.8, 4) is 0 Å². The van der Waals surface area contributed by atoms with E-state index in [1.54, 1.807) is 11.3 Å². The number of nitrogens with zero attached hydrogens (tertiary/aromatic N) is 2. The van der Waals surface area contributed by atoms with Crippen LogP contribution in [0.1, 0.15) is 29.2 Å². The highest BCUT2D eigenvalue weighted by Crippen LogP contribution is 2.30. The van der Waals surface area contributed by atoms with Crippen molar-refractivity contribution < 1.29 is 0 Å². The summed E-state index contributed by atoms with van der Waals surface area (Å²) in [5.74, 6) is 0. The zero-order valence-electron chi connectivity index (χ0n) is 10.3. The molecule has 18 heavy (non-hydrogen) atoms. The fraction of sp³-hybridized carbons (Fsp3) is 0.417. The van der Waals surface area contributed by atoms with Crippen LogP contribution in [0.2, 0.25) is 5.02 Å². The highest BCUT2D eigenvalue weighted by atomic mass is 79.9. The molecule has 1 unspecified atom stereocenters. The van der Waals surface area contributed by atoms with Gasteiger partial charge in [0.15, 0.2) is 0 Å². The maximum Gasteiger partial charge on any atom is 0.0847 e. The van der Waals surface area contributed by atoms with E-state index in [1.807, 2.05) is 23.7 Å². The highest BCUT2D eigenvalue weighted by Gasteiger charge is 2.17. The first kappa shape index (κ1) is 14.1. The largest absolute Gasteiger partial charge is 0.323 e. The fourth-order valence-electron chi connectivity index (χ4n) is 1.90. The molecule has 98 valence electrons. The van der Waals surface area contributed by atoms with E-state index in [0.29, 0.717) is 6.42 Å². The van der Waals surface area contributed by atoms with Crippen molar-refractivity contribution in [3.05, 3.63) is 37.2 Å². The molecule has 2 N–H and O–H groups in total. The minimum atomic E-state index is -0.0415. The number of hydrogen-bond donors (Lipinski definition) is 1. The quantitative estimate of drug-likeness (QED) is 0.909. The van der Waals surface area contributed by atoms with Crippen molar-refractivity contribution in [1.29, 1.82) is 0 Å². The Kier molecular flexibility index (Phi) is 4.48. The van der Waals surface area contributed by atoms with Crippen LogP contribution >= 0.6 is 38.9 Å². The van der Waals surface area contributed by atoms with Gasteiger partial charge in [0.2, 0.25) is 0 Å². The van der Waals surface area contributed by atoms with Crippen LogP contribution in [0.5, 0.6) is 0 Å². The molecule has 2 heterocycles. The highest BCUT2D eigenvalue weighted by molar-refractivity contribution is 9.11. The summed E-state index contributed by atoms with van der Waals surface area (Å²) in [7, 11) is 0. The second kappa shape index (κ2) is 5.74. The molecule has 0 bridgehead atoms. The third kappa shape index (κ3) is 2.79. The van der Waals surface area contributed by atoms with Crippen LogP contribution in [0.3, 0.4) is 0 Å². The third-order valence-electron chi connectivity index (χ3n) is 2.83. The summed E-state index contributed by atoms with van der Waals surface area (Å²) in [4.78, 5) is 1.15. The SMILES string of the molecule is CCn1nc(C)c(Cl)c1CC(N)c1ccc(Br)s1. The summed E-state index contributed by atoms with van der Waals surface area (Å²) in [5.41, 5.74) is 8.12. The Balaban J connectivity index is 2.23. The van der Waals surface area contributed by atoms with Gasteiger partial charge in [-0.3, -0.25) is 4.68 Å². The Morgan fingerprint density at radius 2 is 2.28 bits per heavy atom. The molecule has 0 aromatic carbocycles. The van der Waals surface area contributed by atoms with Gasteiger partial charge in [-0.05, 0) is 41.9 Å². The average molecular weight is 349 g/mol. The predicted octanol–water partition coefficient (Wildman–Crippen LogP) is 3.93. The molecule has 0 fully saturated rings. The van der Waals surface area contributed by atoms with E-state index >= 15 is 0 Å². The molecule has 1 atom stereocenters. The van der Waals surface area contributed by atoms with Crippen LogP contribution in [0.25, 0.3) is 0 Å². The fourth-order valence-corrected chi connectivity index (χ4v) is 3.54. The van der Waals surface area contributed by atoms with Crippen LogP contribution in [-0.2, 0) is 13.0 Å². The van der Waals surface area contributed by atoms with E-state index in [0.717, 1.165) is 31.6 Å². The van der Waals surface area contributed by atoms with Gasteiger partial charge in [0.1, 0.15) is 0 Å². The summed E-state index contributed by atoms with van der Waals surface area (Å²) in [6, 6.07) is 4.02. The molecule has 0 amide bonds. The molecule has 3 nitrogen and oxygen atoms in total. The molecule has 0 aliphatic rings. The smallest absolute Gasteiger partial charge is 0.0847 e. The number of halogens is 2. The van der Waals surface area contributed by atoms with Gasteiger partial charge in [0.25, 0.3) is 0 Å². The summed E-state index contributed by atoms with van der Waals surface area (Å²) >= 11 is 11.4. The van der Waals surface area contributed by atoms with Gasteiger partial charge in [0.05, 0.1) is 20.2 Å². The summed E-state index contributed by atoms with van der Waals surface area (Å²) in [5, 5.41) is 5.14. The lowest BCUT2D eigenvalue weighted by atomic mass is 10.1. The van der Waals surface area contributed by atoms with Crippen molar-refractivity contribution >= 4 is 38.9 Å². The Hall–Kier alpha value is -0.360. The minimum Gasteiger partial charge on any atom is -0.323 e. The maximum atomic E-state index is 6.28. The number of aryl methyl sites for hydroxylation is 2. The molecule has 0 aliphatic carbocycles. The molecule has 0 aliphatic heterocycles. The third-order valence-corrected chi connectivity index (χ3v) is 5.07. The van der Waals surface area contributed by atoms with Gasteiger partial charge < -0.3 is 5.73 Å². The second-order valence-corrected chi connectivity index (χ2v) is 6.99. The molecule has 6 heteroatoms. The molecule has 0 radical (unpaired) electrons. The number of rotatable bonds is 4. The molecule has 2 rings (SSSR count). The molecule has 0 saturated carbocycles. The van der Waals surface area contributed by atoms with Gasteiger partial charge in [-0.2, -0.15) is 5.10 Å². The van der Waals surface area contributed by atoms with Gasteiger partial charge in [-0.15, -0.1) is 11.3 Å². The van der Waals surface area contributed by atoms with Crippen molar-refractivity contribution in [2.75, 3.05) is 0 Å². The molecule has 0 spiro atoms. The molecular weight excluding hydrogens is 334 g/mol. The Morgan fingerprint density at radius 1 is 1.56 bits per heavy atom. The molecule has 2 aromatic rings. The van der Waals surface area contributed by atoms with Crippen LogP contribution in [0, 0.1) is 6.92 Å². The van der Waals surface area contributed by atoms with Crippen LogP contribution in [0.4, 0.5) is 0 Å². The first-order chi connectivity index (χ1) is 8.52. The Morgan fingerprint density at radius 3 is 2.83 bits per heavy atom. The standard InChI is InChI=1S/C12H15BrClN3S/c1-3-17-9(12(14)7(2)16-17)6-8(15)10-4-5-11(13)18-10/h4-5,8H,3,6,15H2,1-2H3. The Labute approximate surface area is 124 Å². The molecule has 2 aromatic heterocycles. The number of thiophene rings is 1. The topological polar surface area (TPSA) is 43.8 Å². The van der Waals surface area contributed by atoms with Gasteiger partial charge >= 0.3 is 0 Å². The summed E-state index contributed by atoms with van der Waals surface area (Å²) < 4.78 is 3.03. The van der Waals surface area contributed by atoms with E-state index in [4.69, 9.17) is 17.3 Å². The lowest BCUT2D eigenvalue weighted by Crippen LogP contribution is -2.15. The van der Waals surface area contributed by atoms with Crippen molar-refractivity contribution in [3.63, 3.8) is 0 Å².